The normalized spacial score (nSPS) is 24.2. The molecule has 2 saturated heterocycles. The van der Waals surface area contributed by atoms with Crippen molar-refractivity contribution in [2.45, 2.75) is 13.0 Å². The summed E-state index contributed by atoms with van der Waals surface area (Å²) in [6, 6.07) is 0.703. The first-order chi connectivity index (χ1) is 7.70. The molecule has 0 saturated carbocycles. The van der Waals surface area contributed by atoms with Crippen molar-refractivity contribution in [3.8, 4) is 0 Å². The molecule has 0 bridgehead atoms. The molecule has 16 heavy (non-hydrogen) atoms. The average Bonchev–Trinajstić information content (AvgIpc) is 2.25. The molecule has 0 spiro atoms. The topological polar surface area (TPSA) is 36.0 Å². The Labute approximate surface area is 96.9 Å². The second kappa shape index (κ2) is 5.01. The first kappa shape index (κ1) is 11.7. The third-order valence-electron chi connectivity index (χ3n) is 3.40. The molecule has 0 unspecified atom stereocenters. The van der Waals surface area contributed by atoms with Crippen molar-refractivity contribution in [1.29, 1.82) is 0 Å². The molecule has 2 fully saturated rings. The number of carbonyl (C=O) groups excluding carboxylic acids is 1. The predicted molar refractivity (Wildman–Crippen MR) is 61.5 cm³/mol. The van der Waals surface area contributed by atoms with Gasteiger partial charge in [0.15, 0.2) is 0 Å². The van der Waals surface area contributed by atoms with Crippen LogP contribution in [0.2, 0.25) is 0 Å². The van der Waals surface area contributed by atoms with Gasteiger partial charge in [-0.2, -0.15) is 0 Å². The summed E-state index contributed by atoms with van der Waals surface area (Å²) in [5.41, 5.74) is 0. The van der Waals surface area contributed by atoms with Crippen LogP contribution in [0.25, 0.3) is 0 Å². The van der Waals surface area contributed by atoms with Crippen LogP contribution in [0.15, 0.2) is 0 Å². The highest BCUT2D eigenvalue weighted by Crippen LogP contribution is 2.15. The molecule has 0 aliphatic carbocycles. The summed E-state index contributed by atoms with van der Waals surface area (Å²) < 4.78 is 4.99. The molecule has 92 valence electrons. The van der Waals surface area contributed by atoms with E-state index in [1.807, 2.05) is 11.8 Å². The quantitative estimate of drug-likeness (QED) is 0.669. The van der Waals surface area contributed by atoms with Gasteiger partial charge in [0.2, 0.25) is 0 Å². The summed E-state index contributed by atoms with van der Waals surface area (Å²) >= 11 is 0. The Morgan fingerprint density at radius 3 is 2.38 bits per heavy atom. The zero-order valence-electron chi connectivity index (χ0n) is 10.2. The van der Waals surface area contributed by atoms with Gasteiger partial charge >= 0.3 is 6.09 Å². The number of amides is 1. The molecule has 0 N–H and O–H groups in total. The molecule has 0 radical (unpaired) electrons. The van der Waals surface area contributed by atoms with E-state index in [4.69, 9.17) is 4.74 Å². The van der Waals surface area contributed by atoms with E-state index in [9.17, 15) is 4.79 Å². The number of nitrogens with zero attached hydrogens (tertiary/aromatic N) is 3. The third-order valence-corrected chi connectivity index (χ3v) is 3.40. The smallest absolute Gasteiger partial charge is 0.409 e. The highest BCUT2D eigenvalue weighted by atomic mass is 16.6. The van der Waals surface area contributed by atoms with Crippen molar-refractivity contribution in [3.63, 3.8) is 0 Å². The minimum absolute atomic E-state index is 0.159. The molecule has 0 aromatic rings. The highest BCUT2D eigenvalue weighted by molar-refractivity contribution is 5.67. The lowest BCUT2D eigenvalue weighted by Gasteiger charge is -2.46. The summed E-state index contributed by atoms with van der Waals surface area (Å²) in [4.78, 5) is 18.1. The van der Waals surface area contributed by atoms with Crippen molar-refractivity contribution in [2.75, 3.05) is 52.9 Å². The van der Waals surface area contributed by atoms with Crippen molar-refractivity contribution in [3.05, 3.63) is 0 Å². The molecular weight excluding hydrogens is 206 g/mol. The lowest BCUT2D eigenvalue weighted by Crippen LogP contribution is -2.62. The number of hydrogen-bond acceptors (Lipinski definition) is 4. The Bertz CT molecular complexity index is 246. The first-order valence-electron chi connectivity index (χ1n) is 6.05. The van der Waals surface area contributed by atoms with Gasteiger partial charge in [-0.1, -0.05) is 0 Å². The van der Waals surface area contributed by atoms with Gasteiger partial charge in [0.05, 0.1) is 6.61 Å². The van der Waals surface area contributed by atoms with Crippen LogP contribution in [0.4, 0.5) is 4.79 Å². The third kappa shape index (κ3) is 2.47. The molecule has 2 rings (SSSR count). The predicted octanol–water partition coefficient (Wildman–Crippen LogP) is 0.0745. The Kier molecular flexibility index (Phi) is 3.66. The van der Waals surface area contributed by atoms with Crippen molar-refractivity contribution in [1.82, 2.24) is 14.7 Å². The number of likely N-dealkylation sites (tertiary alicyclic amines) is 1. The summed E-state index contributed by atoms with van der Waals surface area (Å²) in [6.07, 6.45) is -0.159. The Morgan fingerprint density at radius 1 is 1.25 bits per heavy atom. The highest BCUT2D eigenvalue weighted by Gasteiger charge is 2.32. The van der Waals surface area contributed by atoms with Crippen LogP contribution in [0.5, 0.6) is 0 Å². The second-order valence-electron chi connectivity index (χ2n) is 4.60. The summed E-state index contributed by atoms with van der Waals surface area (Å²) in [5.74, 6) is 0. The fourth-order valence-corrected chi connectivity index (χ4v) is 2.38. The number of ether oxygens (including phenoxy) is 1. The van der Waals surface area contributed by atoms with E-state index in [1.165, 1.54) is 13.1 Å². The van der Waals surface area contributed by atoms with Gasteiger partial charge in [-0.05, 0) is 14.0 Å². The van der Waals surface area contributed by atoms with Gasteiger partial charge in [0.25, 0.3) is 0 Å². The van der Waals surface area contributed by atoms with Gasteiger partial charge in [-0.25, -0.2) is 4.79 Å². The summed E-state index contributed by atoms with van der Waals surface area (Å²) in [5, 5.41) is 0. The van der Waals surface area contributed by atoms with Crippen LogP contribution in [0.3, 0.4) is 0 Å². The standard InChI is InChI=1S/C11H21N3O2/c1-3-16-11(15)14-6-4-13(5-7-14)10-8-12(2)9-10/h10H,3-9H2,1-2H3. The molecular formula is C11H21N3O2. The van der Waals surface area contributed by atoms with Crippen LogP contribution in [-0.2, 0) is 4.74 Å². The fraction of sp³-hybridized carbons (Fsp3) is 0.909. The average molecular weight is 227 g/mol. The molecule has 0 aromatic carbocycles. The van der Waals surface area contributed by atoms with E-state index in [-0.39, 0.29) is 6.09 Å². The molecule has 2 aliphatic heterocycles. The second-order valence-corrected chi connectivity index (χ2v) is 4.60. The van der Waals surface area contributed by atoms with E-state index >= 15 is 0 Å². The maximum absolute atomic E-state index is 11.5. The molecule has 5 nitrogen and oxygen atoms in total. The fourth-order valence-electron chi connectivity index (χ4n) is 2.38. The van der Waals surface area contributed by atoms with Gasteiger partial charge in [0, 0.05) is 45.3 Å². The van der Waals surface area contributed by atoms with Crippen molar-refractivity contribution >= 4 is 6.09 Å². The number of piperazine rings is 1. The molecule has 2 heterocycles. The van der Waals surface area contributed by atoms with E-state index in [0.717, 1.165) is 26.2 Å². The minimum atomic E-state index is -0.159. The van der Waals surface area contributed by atoms with E-state index in [1.54, 1.807) is 0 Å². The van der Waals surface area contributed by atoms with Crippen molar-refractivity contribution < 1.29 is 9.53 Å². The van der Waals surface area contributed by atoms with Crippen LogP contribution in [0, 0.1) is 0 Å². The number of likely N-dealkylation sites (N-methyl/N-ethyl adjacent to an activating group) is 1. The molecule has 0 atom stereocenters. The Hall–Kier alpha value is -0.810. The lowest BCUT2D eigenvalue weighted by molar-refractivity contribution is 0.0153. The van der Waals surface area contributed by atoms with Gasteiger partial charge in [-0.15, -0.1) is 0 Å². The van der Waals surface area contributed by atoms with Crippen LogP contribution in [0.1, 0.15) is 6.92 Å². The van der Waals surface area contributed by atoms with Gasteiger partial charge in [-0.3, -0.25) is 4.90 Å². The Morgan fingerprint density at radius 2 is 1.88 bits per heavy atom. The van der Waals surface area contributed by atoms with Crippen molar-refractivity contribution in [2.24, 2.45) is 0 Å². The minimum Gasteiger partial charge on any atom is -0.450 e. The molecule has 1 amide bonds. The summed E-state index contributed by atoms with van der Waals surface area (Å²) in [7, 11) is 2.14. The number of carbonyl (C=O) groups is 1. The SMILES string of the molecule is CCOC(=O)N1CCN(C2CN(C)C2)CC1. The Balaban J connectivity index is 1.72. The van der Waals surface area contributed by atoms with Crippen LogP contribution in [-0.4, -0.2) is 79.8 Å². The van der Waals surface area contributed by atoms with E-state index in [0.29, 0.717) is 12.6 Å². The maximum Gasteiger partial charge on any atom is 0.409 e. The number of rotatable bonds is 2. The van der Waals surface area contributed by atoms with Crippen LogP contribution < -0.4 is 0 Å². The maximum atomic E-state index is 11.5. The molecule has 5 heteroatoms. The molecule has 0 aromatic heterocycles. The monoisotopic (exact) mass is 227 g/mol. The molecule has 2 aliphatic rings. The summed E-state index contributed by atoms with van der Waals surface area (Å²) in [6.45, 7) is 8.22. The van der Waals surface area contributed by atoms with Gasteiger partial charge in [0.1, 0.15) is 0 Å². The van der Waals surface area contributed by atoms with Crippen LogP contribution >= 0.6 is 0 Å². The zero-order chi connectivity index (χ0) is 11.5. The largest absolute Gasteiger partial charge is 0.450 e. The zero-order valence-corrected chi connectivity index (χ0v) is 10.2. The van der Waals surface area contributed by atoms with Gasteiger partial charge < -0.3 is 14.5 Å². The lowest BCUT2D eigenvalue weighted by atomic mass is 10.1. The number of hydrogen-bond donors (Lipinski definition) is 0. The first-order valence-corrected chi connectivity index (χ1v) is 6.05. The van der Waals surface area contributed by atoms with E-state index in [2.05, 4.69) is 16.8 Å². The van der Waals surface area contributed by atoms with E-state index < -0.39 is 0 Å².